The van der Waals surface area contributed by atoms with E-state index in [-0.39, 0.29) is 29.3 Å². The van der Waals surface area contributed by atoms with Gasteiger partial charge in [0.2, 0.25) is 15.9 Å². The summed E-state index contributed by atoms with van der Waals surface area (Å²) in [4.78, 5) is 0. The molecule has 0 radical (unpaired) electrons. The van der Waals surface area contributed by atoms with Gasteiger partial charge in [0.05, 0.1) is 11.3 Å². The number of sulfonamides is 1. The van der Waals surface area contributed by atoms with Crippen molar-refractivity contribution in [3.63, 3.8) is 0 Å². The number of halogens is 1. The van der Waals surface area contributed by atoms with Crippen molar-refractivity contribution in [1.82, 2.24) is 14.9 Å². The number of hydrogen-bond donors (Lipinski definition) is 1. The van der Waals surface area contributed by atoms with E-state index < -0.39 is 10.0 Å². The van der Waals surface area contributed by atoms with Gasteiger partial charge in [0, 0.05) is 13.0 Å². The first kappa shape index (κ1) is 23.6. The molecule has 1 heterocycles. The second-order valence-electron chi connectivity index (χ2n) is 8.77. The zero-order valence-electron chi connectivity index (χ0n) is 18.6. The van der Waals surface area contributed by atoms with Crippen LogP contribution in [0.5, 0.6) is 0 Å². The van der Waals surface area contributed by atoms with Crippen molar-refractivity contribution in [3.05, 3.63) is 47.6 Å². The number of nitrogens with one attached hydrogen (secondary N) is 1. The zero-order chi connectivity index (χ0) is 22.6. The van der Waals surface area contributed by atoms with Gasteiger partial charge in [-0.15, -0.1) is 10.2 Å². The van der Waals surface area contributed by atoms with Crippen molar-refractivity contribution in [2.45, 2.75) is 47.0 Å². The summed E-state index contributed by atoms with van der Waals surface area (Å²) in [5.74, 6) is 1.56. The van der Waals surface area contributed by atoms with Gasteiger partial charge in [-0.25, -0.2) is 17.5 Å². The highest BCUT2D eigenvalue weighted by Crippen LogP contribution is 2.39. The Kier molecular flexibility index (Phi) is 7.64. The minimum absolute atomic E-state index is 0.152. The number of benzene rings is 1. The Labute approximate surface area is 184 Å². The molecule has 0 fully saturated rings. The van der Waals surface area contributed by atoms with Crippen molar-refractivity contribution in [3.8, 4) is 11.5 Å². The fourth-order valence-corrected chi connectivity index (χ4v) is 5.49. The molecule has 1 aromatic carbocycles. The van der Waals surface area contributed by atoms with Gasteiger partial charge in [0.25, 0.3) is 5.89 Å². The summed E-state index contributed by atoms with van der Waals surface area (Å²) in [5, 5.41) is 8.17. The Morgan fingerprint density at radius 1 is 1.26 bits per heavy atom. The molecule has 3 rings (SSSR count). The third-order valence-corrected chi connectivity index (χ3v) is 7.64. The molecule has 3 atom stereocenters. The second-order valence-corrected chi connectivity index (χ2v) is 10.7. The quantitative estimate of drug-likeness (QED) is 0.566. The molecule has 0 spiro atoms. The molecule has 2 aromatic rings. The van der Waals surface area contributed by atoms with Gasteiger partial charge in [-0.05, 0) is 55.6 Å². The maximum atomic E-state index is 14.0. The van der Waals surface area contributed by atoms with Crippen molar-refractivity contribution in [2.24, 2.45) is 23.7 Å². The summed E-state index contributed by atoms with van der Waals surface area (Å²) in [6.45, 7) is 8.70. The number of nitrogens with zero attached hydrogens (tertiary/aromatic N) is 2. The molecule has 8 heteroatoms. The SMILES string of the molecule is CCCS(=O)(=O)NC[C@H]1C=C(C)[C@H](Cc2nnc(-c3ccccc3F)o2)C[C@H]1C(C)C. The Morgan fingerprint density at radius 2 is 2.00 bits per heavy atom. The maximum absolute atomic E-state index is 14.0. The van der Waals surface area contributed by atoms with Gasteiger partial charge >= 0.3 is 0 Å². The van der Waals surface area contributed by atoms with E-state index in [1.807, 2.05) is 6.92 Å². The molecule has 6 nitrogen and oxygen atoms in total. The van der Waals surface area contributed by atoms with Crippen LogP contribution in [-0.4, -0.2) is 30.9 Å². The molecule has 0 saturated heterocycles. The average Bonchev–Trinajstić information content (AvgIpc) is 3.16. The molecule has 1 aliphatic rings. The van der Waals surface area contributed by atoms with Gasteiger partial charge in [-0.1, -0.05) is 44.6 Å². The lowest BCUT2D eigenvalue weighted by Crippen LogP contribution is -2.37. The Balaban J connectivity index is 1.73. The largest absolute Gasteiger partial charge is 0.421 e. The Bertz CT molecular complexity index is 1020. The van der Waals surface area contributed by atoms with Gasteiger partial charge in [-0.3, -0.25) is 0 Å². The third kappa shape index (κ3) is 6.01. The highest BCUT2D eigenvalue weighted by atomic mass is 32.2. The summed E-state index contributed by atoms with van der Waals surface area (Å²) >= 11 is 0. The average molecular weight is 450 g/mol. The predicted molar refractivity (Wildman–Crippen MR) is 119 cm³/mol. The van der Waals surface area contributed by atoms with E-state index in [1.54, 1.807) is 18.2 Å². The van der Waals surface area contributed by atoms with E-state index in [0.717, 1.165) is 6.42 Å². The van der Waals surface area contributed by atoms with E-state index in [1.165, 1.54) is 11.6 Å². The summed E-state index contributed by atoms with van der Waals surface area (Å²) in [5.41, 5.74) is 1.50. The molecule has 0 aliphatic heterocycles. The van der Waals surface area contributed by atoms with Crippen LogP contribution in [-0.2, 0) is 16.4 Å². The van der Waals surface area contributed by atoms with Crippen molar-refractivity contribution in [2.75, 3.05) is 12.3 Å². The van der Waals surface area contributed by atoms with Crippen molar-refractivity contribution < 1.29 is 17.2 Å². The van der Waals surface area contributed by atoms with E-state index >= 15 is 0 Å². The van der Waals surface area contributed by atoms with Crippen LogP contribution >= 0.6 is 0 Å². The van der Waals surface area contributed by atoms with Gasteiger partial charge in [0.15, 0.2) is 0 Å². The third-order valence-electron chi connectivity index (χ3n) is 6.09. The molecular weight excluding hydrogens is 417 g/mol. The lowest BCUT2D eigenvalue weighted by molar-refractivity contribution is 0.223. The highest BCUT2D eigenvalue weighted by Gasteiger charge is 2.33. The summed E-state index contributed by atoms with van der Waals surface area (Å²) in [6, 6.07) is 6.35. The number of rotatable bonds is 9. The fraction of sp³-hybridized carbons (Fsp3) is 0.565. The summed E-state index contributed by atoms with van der Waals surface area (Å²) in [6.07, 6.45) is 4.30. The van der Waals surface area contributed by atoms with E-state index in [4.69, 9.17) is 4.42 Å². The van der Waals surface area contributed by atoms with Crippen LogP contribution in [0.4, 0.5) is 4.39 Å². The van der Waals surface area contributed by atoms with Crippen LogP contribution in [0.3, 0.4) is 0 Å². The van der Waals surface area contributed by atoms with Crippen LogP contribution in [0.1, 0.15) is 46.4 Å². The van der Waals surface area contributed by atoms with Gasteiger partial charge in [-0.2, -0.15) is 0 Å². The summed E-state index contributed by atoms with van der Waals surface area (Å²) < 4.78 is 46.7. The number of allylic oxidation sites excluding steroid dienone is 1. The summed E-state index contributed by atoms with van der Waals surface area (Å²) in [7, 11) is -3.23. The smallest absolute Gasteiger partial charge is 0.250 e. The van der Waals surface area contributed by atoms with E-state index in [9.17, 15) is 12.8 Å². The topological polar surface area (TPSA) is 85.1 Å². The standard InChI is InChI=1S/C23H32FN3O3S/c1-5-10-31(28,29)25-14-18-11-16(4)17(12-20(18)15(2)3)13-22-26-27-23(30-22)19-8-6-7-9-21(19)24/h6-9,11,15,17-18,20,25H,5,10,12-14H2,1-4H3/t17-,18+,20-/m0/s1. The number of hydrogen-bond acceptors (Lipinski definition) is 5. The van der Waals surface area contributed by atoms with Crippen LogP contribution in [0.25, 0.3) is 11.5 Å². The molecule has 170 valence electrons. The second kappa shape index (κ2) is 10.0. The van der Waals surface area contributed by atoms with E-state index in [0.29, 0.717) is 42.7 Å². The molecule has 1 N–H and O–H groups in total. The molecule has 31 heavy (non-hydrogen) atoms. The molecule has 0 amide bonds. The normalized spacial score (nSPS) is 22.0. The Hall–Kier alpha value is -2.06. The van der Waals surface area contributed by atoms with Gasteiger partial charge in [0.1, 0.15) is 5.82 Å². The minimum atomic E-state index is -3.23. The van der Waals surface area contributed by atoms with Crippen molar-refractivity contribution >= 4 is 10.0 Å². The minimum Gasteiger partial charge on any atom is -0.421 e. The maximum Gasteiger partial charge on any atom is 0.250 e. The van der Waals surface area contributed by atoms with Crippen molar-refractivity contribution in [1.29, 1.82) is 0 Å². The fourth-order valence-electron chi connectivity index (χ4n) is 4.36. The molecular formula is C23H32FN3O3S. The number of aromatic nitrogens is 2. The zero-order valence-corrected chi connectivity index (χ0v) is 19.5. The lowest BCUT2D eigenvalue weighted by atomic mass is 9.70. The molecule has 0 bridgehead atoms. The molecule has 0 unspecified atom stereocenters. The van der Waals surface area contributed by atoms with E-state index in [2.05, 4.69) is 41.8 Å². The Morgan fingerprint density at radius 3 is 2.68 bits per heavy atom. The highest BCUT2D eigenvalue weighted by molar-refractivity contribution is 7.89. The molecule has 0 saturated carbocycles. The first-order chi connectivity index (χ1) is 14.7. The molecule has 1 aromatic heterocycles. The lowest BCUT2D eigenvalue weighted by Gasteiger charge is -2.37. The van der Waals surface area contributed by atoms with Gasteiger partial charge < -0.3 is 4.42 Å². The van der Waals surface area contributed by atoms with Crippen LogP contribution < -0.4 is 4.72 Å². The predicted octanol–water partition coefficient (Wildman–Crippen LogP) is 4.60. The first-order valence-electron chi connectivity index (χ1n) is 10.9. The van der Waals surface area contributed by atoms with Crippen LogP contribution in [0, 0.1) is 29.5 Å². The van der Waals surface area contributed by atoms with Crippen LogP contribution in [0.15, 0.2) is 40.3 Å². The first-order valence-corrected chi connectivity index (χ1v) is 12.6. The monoisotopic (exact) mass is 449 g/mol. The van der Waals surface area contributed by atoms with Crippen LogP contribution in [0.2, 0.25) is 0 Å². The molecule has 1 aliphatic carbocycles.